The maximum atomic E-state index is 14.3. The number of terminal acetylenes is 1. The van der Waals surface area contributed by atoms with Gasteiger partial charge in [-0.1, -0.05) is 116 Å². The summed E-state index contributed by atoms with van der Waals surface area (Å²) in [5.74, 6) is 5.63. The molecule has 0 bridgehead atoms. The molecule has 7 nitrogen and oxygen atoms in total. The third-order valence-corrected chi connectivity index (χ3v) is 17.0. The number of hydrogen-bond acceptors (Lipinski definition) is 6. The Balaban J connectivity index is 0.000000197. The van der Waals surface area contributed by atoms with Crippen molar-refractivity contribution in [3.05, 3.63) is 161 Å². The molecular weight excluding hydrogens is 795 g/mol. The van der Waals surface area contributed by atoms with Gasteiger partial charge < -0.3 is 29.7 Å². The molecule has 0 aromatic heterocycles. The van der Waals surface area contributed by atoms with E-state index in [0.717, 1.165) is 56.1 Å². The maximum absolute atomic E-state index is 14.3. The number of para-hydroxylation sites is 2. The van der Waals surface area contributed by atoms with Crippen molar-refractivity contribution in [2.45, 2.75) is 93.7 Å². The number of carbonyl (C=O) groups excluding carboxylic acids is 1. The molecule has 5 aromatic rings. The third-order valence-electron chi connectivity index (χ3n) is 17.0. The Morgan fingerprint density at radius 2 is 1.36 bits per heavy atom. The number of amides is 1. The Labute approximate surface area is 379 Å². The number of fused-ring (bicyclic) bond motifs is 6. The van der Waals surface area contributed by atoms with Crippen molar-refractivity contribution in [2.24, 2.45) is 29.1 Å². The molecule has 9 atom stereocenters. The largest absolute Gasteiger partial charge is 0.508 e. The van der Waals surface area contributed by atoms with Gasteiger partial charge in [-0.3, -0.25) is 4.79 Å². The van der Waals surface area contributed by atoms with Crippen LogP contribution in [0.5, 0.6) is 17.2 Å². The van der Waals surface area contributed by atoms with E-state index in [0.29, 0.717) is 54.5 Å². The van der Waals surface area contributed by atoms with Crippen molar-refractivity contribution in [3.8, 4) is 29.6 Å². The molecule has 0 unspecified atom stereocenters. The van der Waals surface area contributed by atoms with Gasteiger partial charge in [-0.05, 0) is 128 Å². The van der Waals surface area contributed by atoms with Gasteiger partial charge in [0.2, 0.25) is 5.91 Å². The Morgan fingerprint density at radius 1 is 0.734 bits per heavy atom. The van der Waals surface area contributed by atoms with Crippen LogP contribution in [0.4, 0.5) is 0 Å². The molecule has 1 amide bonds. The average Bonchev–Trinajstić information content (AvgIpc) is 3.92. The fraction of sp³-hybridized carbons (Fsp3) is 0.421. The van der Waals surface area contributed by atoms with E-state index in [1.165, 1.54) is 22.3 Å². The summed E-state index contributed by atoms with van der Waals surface area (Å²) in [6, 6.07) is 42.7. The molecule has 1 heterocycles. The quantitative estimate of drug-likeness (QED) is 0.141. The number of nitrogens with zero attached hydrogens (tertiary/aromatic N) is 1. The summed E-state index contributed by atoms with van der Waals surface area (Å²) < 4.78 is 11.4. The minimum atomic E-state index is -1.16. The van der Waals surface area contributed by atoms with Gasteiger partial charge in [0.25, 0.3) is 0 Å². The number of benzene rings is 5. The zero-order valence-electron chi connectivity index (χ0n) is 37.8. The lowest BCUT2D eigenvalue weighted by Crippen LogP contribution is -2.53. The van der Waals surface area contributed by atoms with Crippen LogP contribution in [0, 0.1) is 41.4 Å². The van der Waals surface area contributed by atoms with Crippen LogP contribution >= 0.6 is 0 Å². The molecule has 5 aromatic carbocycles. The van der Waals surface area contributed by atoms with E-state index in [4.69, 9.17) is 15.9 Å². The molecule has 64 heavy (non-hydrogen) atoms. The molecule has 4 aliphatic carbocycles. The van der Waals surface area contributed by atoms with Crippen molar-refractivity contribution in [2.75, 3.05) is 27.3 Å². The van der Waals surface area contributed by atoms with Crippen LogP contribution < -0.4 is 9.47 Å². The Hall–Kier alpha value is -5.55. The lowest BCUT2D eigenvalue weighted by molar-refractivity contribution is -0.132. The lowest BCUT2D eigenvalue weighted by Gasteiger charge is -2.53. The molecule has 7 heteroatoms. The summed E-state index contributed by atoms with van der Waals surface area (Å²) in [6.07, 6.45) is 13.1. The van der Waals surface area contributed by atoms with E-state index in [9.17, 15) is 20.1 Å². The van der Waals surface area contributed by atoms with Crippen molar-refractivity contribution < 1.29 is 29.6 Å². The summed E-state index contributed by atoms with van der Waals surface area (Å²) >= 11 is 0. The number of phenolic OH excluding ortho intramolecular Hbond substituents is 1. The minimum Gasteiger partial charge on any atom is -0.508 e. The Morgan fingerprint density at radius 3 is 2.03 bits per heavy atom. The maximum Gasteiger partial charge on any atom is 0.229 e. The first-order valence-corrected chi connectivity index (χ1v) is 23.3. The number of aryl methyl sites for hydroxylation is 1. The van der Waals surface area contributed by atoms with Crippen LogP contribution in [-0.4, -0.2) is 59.0 Å². The number of likely N-dealkylation sites (tertiary alicyclic amines) is 1. The highest BCUT2D eigenvalue weighted by Gasteiger charge is 2.62. The van der Waals surface area contributed by atoms with E-state index in [1.807, 2.05) is 84.6 Å². The predicted molar refractivity (Wildman–Crippen MR) is 251 cm³/mol. The monoisotopic (exact) mass is 857 g/mol. The van der Waals surface area contributed by atoms with Gasteiger partial charge in [-0.25, -0.2) is 0 Å². The number of ether oxygens (including phenoxy) is 2. The number of carbonyl (C=O) groups is 1. The normalized spacial score (nSPS) is 30.2. The number of aliphatic hydroxyl groups is 2. The van der Waals surface area contributed by atoms with Crippen molar-refractivity contribution in [1.29, 1.82) is 0 Å². The van der Waals surface area contributed by atoms with E-state index in [1.54, 1.807) is 14.2 Å². The van der Waals surface area contributed by atoms with E-state index < -0.39 is 11.2 Å². The van der Waals surface area contributed by atoms with Crippen molar-refractivity contribution in [1.82, 2.24) is 4.90 Å². The minimum absolute atomic E-state index is 0.0280. The summed E-state index contributed by atoms with van der Waals surface area (Å²) in [7, 11) is 3.29. The number of phenols is 1. The van der Waals surface area contributed by atoms with E-state index in [-0.39, 0.29) is 34.5 Å². The van der Waals surface area contributed by atoms with Crippen molar-refractivity contribution >= 4 is 5.91 Å². The first-order chi connectivity index (χ1) is 30.9. The van der Waals surface area contributed by atoms with Crippen LogP contribution in [0.3, 0.4) is 0 Å². The fourth-order valence-electron chi connectivity index (χ4n) is 13.7. The molecule has 332 valence electrons. The van der Waals surface area contributed by atoms with Crippen LogP contribution in [0.1, 0.15) is 104 Å². The van der Waals surface area contributed by atoms with Gasteiger partial charge in [0, 0.05) is 41.0 Å². The van der Waals surface area contributed by atoms with Crippen LogP contribution in [0.25, 0.3) is 0 Å². The molecule has 5 aliphatic rings. The van der Waals surface area contributed by atoms with Gasteiger partial charge in [-0.15, -0.1) is 6.42 Å². The molecular formula is C57H63NO6. The zero-order valence-corrected chi connectivity index (χ0v) is 37.8. The summed E-state index contributed by atoms with van der Waals surface area (Å²) in [5, 5.41) is 33.4. The highest BCUT2D eigenvalue weighted by atomic mass is 16.5. The van der Waals surface area contributed by atoms with Gasteiger partial charge in [0.1, 0.15) is 22.8 Å². The highest BCUT2D eigenvalue weighted by Crippen LogP contribution is 2.64. The number of methoxy groups -OCH3 is 2. The zero-order chi connectivity index (χ0) is 44.9. The fourth-order valence-corrected chi connectivity index (χ4v) is 13.7. The van der Waals surface area contributed by atoms with Gasteiger partial charge in [0.15, 0.2) is 0 Å². The van der Waals surface area contributed by atoms with Crippen molar-refractivity contribution in [3.63, 3.8) is 0 Å². The molecule has 1 saturated heterocycles. The third kappa shape index (κ3) is 7.00. The number of aromatic hydroxyl groups is 1. The Kier molecular flexibility index (Phi) is 11.7. The van der Waals surface area contributed by atoms with E-state index >= 15 is 0 Å². The summed E-state index contributed by atoms with van der Waals surface area (Å²) in [5.41, 5.74) is 4.27. The second-order valence-electron chi connectivity index (χ2n) is 19.5. The topological polar surface area (TPSA) is 99.5 Å². The van der Waals surface area contributed by atoms with Crippen LogP contribution in [0.2, 0.25) is 0 Å². The molecule has 3 saturated carbocycles. The molecule has 0 spiro atoms. The van der Waals surface area contributed by atoms with Crippen LogP contribution in [0.15, 0.2) is 127 Å². The highest BCUT2D eigenvalue weighted by molar-refractivity contribution is 5.84. The molecule has 10 rings (SSSR count). The molecule has 3 N–H and O–H groups in total. The second-order valence-corrected chi connectivity index (χ2v) is 19.5. The first-order valence-electron chi connectivity index (χ1n) is 23.3. The second kappa shape index (κ2) is 17.1. The molecule has 0 radical (unpaired) electrons. The number of rotatable bonds is 7. The standard InChI is InChI=1S/C37H39NO4.C20H24O2/c1-26(29-18-10-12-20-33(29)41-2)35(39)38-24-31-32(25-38)37(40,30-19-11-13-21-34(30)42-3)23-22-36(31,27-14-6-4-7-15-27)28-16-8-5-9-17-28;1-3-20(22)11-9-18-17-6-4-13-12-14(21)5-7-15(13)16(17)8-10-19(18,20)2/h4-21,26,31-32,40H,22-25H2,1-3H3;1,5,7,12,16-18,21-22H,4,6,8-11H2,2H3/t26-,31-,32+,37+;16-,17-,18+,19+,20+/m01/s1. The van der Waals surface area contributed by atoms with E-state index in [2.05, 4.69) is 67.4 Å². The van der Waals surface area contributed by atoms with Crippen LogP contribution in [-0.2, 0) is 22.2 Å². The summed E-state index contributed by atoms with van der Waals surface area (Å²) in [4.78, 5) is 16.3. The predicted octanol–water partition coefficient (Wildman–Crippen LogP) is 10.2. The Bertz CT molecular complexity index is 2480. The van der Waals surface area contributed by atoms with Gasteiger partial charge in [-0.2, -0.15) is 0 Å². The summed E-state index contributed by atoms with van der Waals surface area (Å²) in [6.45, 7) is 5.17. The smallest absolute Gasteiger partial charge is 0.229 e. The van der Waals surface area contributed by atoms with Gasteiger partial charge >= 0.3 is 0 Å². The van der Waals surface area contributed by atoms with Gasteiger partial charge in [0.05, 0.1) is 25.7 Å². The first kappa shape index (κ1) is 43.7. The number of hydrogen-bond donors (Lipinski definition) is 3. The molecule has 4 fully saturated rings. The molecule has 1 aliphatic heterocycles. The average molecular weight is 858 g/mol. The SMILES string of the molecule is C#C[C@]1(O)CC[C@H]2[C@@H]3CCc4cc(O)ccc4[C@H]3CC[C@@]21C.COc1ccccc1[C@H](C)C(=O)N1C[C@@H]2[C@H](C1)C(c1ccccc1)(c1ccccc1)CC[C@@]2(O)c1ccccc1OC. The lowest BCUT2D eigenvalue weighted by atomic mass is 9.52.